The highest BCUT2D eigenvalue weighted by Crippen LogP contribution is 2.35. The highest BCUT2D eigenvalue weighted by molar-refractivity contribution is 7.09. The Morgan fingerprint density at radius 2 is 1.87 bits per heavy atom. The molecule has 0 bridgehead atoms. The number of halogens is 2. The quantitative estimate of drug-likeness (QED) is 0.184. The molecule has 0 aliphatic carbocycles. The number of alkyl halides is 2. The van der Waals surface area contributed by atoms with Crippen molar-refractivity contribution in [3.05, 3.63) is 111 Å². The summed E-state index contributed by atoms with van der Waals surface area (Å²) in [6.45, 7) is 4.63. The van der Waals surface area contributed by atoms with Crippen LogP contribution >= 0.6 is 11.3 Å². The molecule has 1 aliphatic heterocycles. The van der Waals surface area contributed by atoms with E-state index in [2.05, 4.69) is 15.3 Å². The number of anilines is 1. The standard InChI is InChI=1S/C36H41F2N5O3S/c1-23-22-47-34(40-23)31-11-8-12-43(31)35(46)27-14-25(18-37)13-26(16-27)33(45)41-30(15-24-9-6-5-7-10-24)32(44)21-42(4)29-17-28(19-39-20-29)36(2,3)38/h5-7,9-10,13-14,16-17,19-20,22,30-32,44H,8,11-12,15,18,21H2,1-4H3,(H,41,45)/t30-,31+,32+/m0/s1. The minimum absolute atomic E-state index is 0.108. The van der Waals surface area contributed by atoms with Gasteiger partial charge in [-0.15, -0.1) is 11.3 Å². The minimum atomic E-state index is -1.59. The van der Waals surface area contributed by atoms with Crippen LogP contribution in [0.15, 0.2) is 72.4 Å². The minimum Gasteiger partial charge on any atom is -0.389 e. The van der Waals surface area contributed by atoms with Crippen LogP contribution in [0, 0.1) is 6.92 Å². The van der Waals surface area contributed by atoms with Gasteiger partial charge in [-0.1, -0.05) is 30.3 Å². The highest BCUT2D eigenvalue weighted by atomic mass is 32.1. The maximum Gasteiger partial charge on any atom is 0.254 e. The average molecular weight is 662 g/mol. The van der Waals surface area contributed by atoms with Gasteiger partial charge in [-0.3, -0.25) is 14.6 Å². The number of hydrogen-bond acceptors (Lipinski definition) is 7. The molecular formula is C36H41F2N5O3S. The van der Waals surface area contributed by atoms with Gasteiger partial charge in [-0.25, -0.2) is 13.8 Å². The summed E-state index contributed by atoms with van der Waals surface area (Å²) in [6.07, 6.45) is 3.94. The molecule has 0 radical (unpaired) electrons. The Balaban J connectivity index is 1.37. The second kappa shape index (κ2) is 14.7. The van der Waals surface area contributed by atoms with Crippen molar-refractivity contribution in [1.29, 1.82) is 0 Å². The second-order valence-corrected chi connectivity index (χ2v) is 13.5. The van der Waals surface area contributed by atoms with Gasteiger partial charge in [0.2, 0.25) is 0 Å². The van der Waals surface area contributed by atoms with Gasteiger partial charge < -0.3 is 20.2 Å². The molecule has 0 saturated carbocycles. The predicted octanol–water partition coefficient (Wildman–Crippen LogP) is 6.34. The Bertz CT molecular complexity index is 1690. The molecule has 1 fully saturated rings. The van der Waals surface area contributed by atoms with E-state index in [1.165, 1.54) is 49.6 Å². The Kier molecular flexibility index (Phi) is 10.7. The fourth-order valence-electron chi connectivity index (χ4n) is 5.86. The van der Waals surface area contributed by atoms with Crippen molar-refractivity contribution in [1.82, 2.24) is 20.2 Å². The van der Waals surface area contributed by atoms with Gasteiger partial charge in [0.15, 0.2) is 0 Å². The first-order valence-corrected chi connectivity index (χ1v) is 16.6. The summed E-state index contributed by atoms with van der Waals surface area (Å²) in [5.41, 5.74) is 1.80. The largest absolute Gasteiger partial charge is 0.389 e. The first-order valence-electron chi connectivity index (χ1n) is 15.7. The SMILES string of the molecule is Cc1csc([C@H]2CCCN2C(=O)c2cc(CF)cc(C(=O)N[C@@H](Cc3ccccc3)[C@H](O)CN(C)c3cncc(C(C)(C)F)c3)c2)n1. The number of thiazole rings is 1. The van der Waals surface area contributed by atoms with E-state index in [0.717, 1.165) is 29.1 Å². The Labute approximate surface area is 278 Å². The van der Waals surface area contributed by atoms with Crippen LogP contribution in [0.1, 0.15) is 80.8 Å². The van der Waals surface area contributed by atoms with Gasteiger partial charge in [0.25, 0.3) is 11.8 Å². The number of aryl methyl sites for hydroxylation is 1. The molecule has 8 nitrogen and oxygen atoms in total. The first kappa shape index (κ1) is 34.1. The van der Waals surface area contributed by atoms with Gasteiger partial charge in [0, 0.05) is 54.1 Å². The van der Waals surface area contributed by atoms with E-state index in [0.29, 0.717) is 24.2 Å². The highest BCUT2D eigenvalue weighted by Gasteiger charge is 2.33. The van der Waals surface area contributed by atoms with Crippen molar-refractivity contribution in [2.75, 3.05) is 25.0 Å². The number of amides is 2. The maximum absolute atomic E-state index is 14.6. The van der Waals surface area contributed by atoms with Gasteiger partial charge in [-0.2, -0.15) is 0 Å². The number of nitrogens with zero attached hydrogens (tertiary/aromatic N) is 4. The Morgan fingerprint density at radius 1 is 1.13 bits per heavy atom. The third-order valence-corrected chi connectivity index (χ3v) is 9.55. The molecule has 2 amide bonds. The number of aliphatic hydroxyl groups is 1. The predicted molar refractivity (Wildman–Crippen MR) is 180 cm³/mol. The Morgan fingerprint density at radius 3 is 2.55 bits per heavy atom. The molecule has 2 N–H and O–H groups in total. The molecule has 5 rings (SSSR count). The Hall–Kier alpha value is -4.22. The molecule has 47 heavy (non-hydrogen) atoms. The summed E-state index contributed by atoms with van der Waals surface area (Å²) >= 11 is 1.52. The number of likely N-dealkylation sites (N-methyl/N-ethyl adjacent to an activating group) is 1. The van der Waals surface area contributed by atoms with Crippen molar-refractivity contribution < 1.29 is 23.5 Å². The molecule has 11 heteroatoms. The van der Waals surface area contributed by atoms with Crippen molar-refractivity contribution in [3.63, 3.8) is 0 Å². The van der Waals surface area contributed by atoms with Crippen LogP contribution in [-0.4, -0.2) is 64.1 Å². The fourth-order valence-corrected chi connectivity index (χ4v) is 6.80. The maximum atomic E-state index is 14.6. The van der Waals surface area contributed by atoms with Crippen LogP contribution in [0.4, 0.5) is 14.5 Å². The van der Waals surface area contributed by atoms with Crippen LogP contribution in [-0.2, 0) is 18.8 Å². The number of likely N-dealkylation sites (tertiary alicyclic amines) is 1. The first-order chi connectivity index (χ1) is 22.4. The molecule has 248 valence electrons. The van der Waals surface area contributed by atoms with E-state index < -0.39 is 30.4 Å². The summed E-state index contributed by atoms with van der Waals surface area (Å²) in [7, 11) is 1.76. The number of hydrogen-bond donors (Lipinski definition) is 2. The number of nitrogens with one attached hydrogen (secondary N) is 1. The van der Waals surface area contributed by atoms with E-state index in [-0.39, 0.29) is 35.2 Å². The summed E-state index contributed by atoms with van der Waals surface area (Å²) in [4.78, 5) is 39.8. The molecule has 0 spiro atoms. The lowest BCUT2D eigenvalue weighted by atomic mass is 9.99. The molecule has 1 saturated heterocycles. The van der Waals surface area contributed by atoms with Gasteiger partial charge in [0.1, 0.15) is 17.4 Å². The molecular weight excluding hydrogens is 620 g/mol. The van der Waals surface area contributed by atoms with E-state index in [9.17, 15) is 23.5 Å². The molecule has 2 aromatic heterocycles. The van der Waals surface area contributed by atoms with Gasteiger partial charge in [0.05, 0.1) is 30.1 Å². The van der Waals surface area contributed by atoms with Crippen LogP contribution in [0.2, 0.25) is 0 Å². The zero-order chi connectivity index (χ0) is 33.7. The zero-order valence-electron chi connectivity index (χ0n) is 27.1. The number of pyridine rings is 1. The summed E-state index contributed by atoms with van der Waals surface area (Å²) in [5, 5.41) is 17.3. The third-order valence-electron chi connectivity index (χ3n) is 8.48. The van der Waals surface area contributed by atoms with Crippen molar-refractivity contribution in [3.8, 4) is 0 Å². The monoisotopic (exact) mass is 661 g/mol. The van der Waals surface area contributed by atoms with Crippen molar-refractivity contribution >= 4 is 28.8 Å². The number of aromatic nitrogens is 2. The second-order valence-electron chi connectivity index (χ2n) is 12.7. The fraction of sp³-hybridized carbons (Fsp3) is 0.389. The molecule has 0 unspecified atom stereocenters. The summed E-state index contributed by atoms with van der Waals surface area (Å²) < 4.78 is 28.7. The molecule has 2 aromatic carbocycles. The number of rotatable bonds is 12. The zero-order valence-corrected chi connectivity index (χ0v) is 27.9. The molecule has 3 heterocycles. The topological polar surface area (TPSA) is 98.7 Å². The van der Waals surface area contributed by atoms with E-state index in [1.54, 1.807) is 29.1 Å². The third kappa shape index (κ3) is 8.39. The van der Waals surface area contributed by atoms with Gasteiger partial charge in [-0.05, 0) is 75.4 Å². The molecule has 4 aromatic rings. The lowest BCUT2D eigenvalue weighted by Crippen LogP contribution is -2.49. The van der Waals surface area contributed by atoms with Crippen LogP contribution in [0.3, 0.4) is 0 Å². The van der Waals surface area contributed by atoms with Crippen LogP contribution in [0.25, 0.3) is 0 Å². The van der Waals surface area contributed by atoms with Gasteiger partial charge >= 0.3 is 0 Å². The smallest absolute Gasteiger partial charge is 0.254 e. The number of aliphatic hydroxyl groups excluding tert-OH is 1. The summed E-state index contributed by atoms with van der Waals surface area (Å²) in [5.74, 6) is -0.812. The summed E-state index contributed by atoms with van der Waals surface area (Å²) in [6, 6.07) is 14.7. The molecule has 3 atom stereocenters. The van der Waals surface area contributed by atoms with E-state index in [1.807, 2.05) is 42.6 Å². The lowest BCUT2D eigenvalue weighted by Gasteiger charge is -2.30. The number of carbonyl (C=O) groups is 2. The van der Waals surface area contributed by atoms with Crippen molar-refractivity contribution in [2.24, 2.45) is 0 Å². The van der Waals surface area contributed by atoms with E-state index >= 15 is 0 Å². The number of carbonyl (C=O) groups excluding carboxylic acids is 2. The van der Waals surface area contributed by atoms with Crippen LogP contribution in [0.5, 0.6) is 0 Å². The molecule has 1 aliphatic rings. The average Bonchev–Trinajstić information content (AvgIpc) is 3.73. The lowest BCUT2D eigenvalue weighted by molar-refractivity contribution is 0.0735. The number of benzene rings is 2. The normalized spacial score (nSPS) is 16.1. The van der Waals surface area contributed by atoms with Crippen LogP contribution < -0.4 is 10.2 Å². The van der Waals surface area contributed by atoms with E-state index in [4.69, 9.17) is 0 Å². The van der Waals surface area contributed by atoms with Crippen molar-refractivity contribution in [2.45, 2.75) is 70.6 Å².